The van der Waals surface area contributed by atoms with Crippen LogP contribution in [0.4, 0.5) is 0 Å². The average molecular weight is 509 g/mol. The normalized spacial score (nSPS) is 12.3. The molecule has 198 valence electrons. The van der Waals surface area contributed by atoms with Crippen LogP contribution in [-0.4, -0.2) is 28.0 Å². The van der Waals surface area contributed by atoms with Gasteiger partial charge in [-0.3, -0.25) is 4.79 Å². The molecule has 38 heavy (non-hydrogen) atoms. The van der Waals surface area contributed by atoms with Crippen molar-refractivity contribution < 1.29 is 4.79 Å². The first-order valence-electron chi connectivity index (χ1n) is 13.9. The fourth-order valence-electron chi connectivity index (χ4n) is 5.20. The molecule has 3 aromatic carbocycles. The first-order chi connectivity index (χ1) is 18.7. The molecule has 0 unspecified atom stereocenters. The van der Waals surface area contributed by atoms with Crippen LogP contribution in [-0.2, 0) is 16.8 Å². The van der Waals surface area contributed by atoms with E-state index in [0.29, 0.717) is 13.0 Å². The van der Waals surface area contributed by atoms with Gasteiger partial charge in [-0.1, -0.05) is 130 Å². The minimum Gasteiger partial charge on any atom is -0.355 e. The van der Waals surface area contributed by atoms with Crippen molar-refractivity contribution in [2.45, 2.75) is 63.5 Å². The van der Waals surface area contributed by atoms with E-state index in [2.05, 4.69) is 89.6 Å². The number of unbranched alkanes of at least 4 members (excludes halogenated alkanes) is 5. The number of rotatable bonds is 14. The van der Waals surface area contributed by atoms with Gasteiger partial charge >= 0.3 is 0 Å². The number of aromatic nitrogens is 2. The van der Waals surface area contributed by atoms with E-state index in [-0.39, 0.29) is 5.91 Å². The van der Waals surface area contributed by atoms with Gasteiger partial charge in [-0.2, -0.15) is 0 Å². The van der Waals surface area contributed by atoms with Gasteiger partial charge in [0.2, 0.25) is 5.91 Å². The lowest BCUT2D eigenvalue weighted by atomic mass is 9.77. The van der Waals surface area contributed by atoms with Gasteiger partial charge < -0.3 is 15.6 Å². The van der Waals surface area contributed by atoms with Crippen molar-refractivity contribution >= 4 is 5.91 Å². The van der Waals surface area contributed by atoms with E-state index in [1.165, 1.54) is 25.7 Å². The Kier molecular flexibility index (Phi) is 9.88. The third kappa shape index (κ3) is 6.40. The molecule has 1 atom stereocenters. The van der Waals surface area contributed by atoms with Crippen LogP contribution < -0.4 is 11.1 Å². The Balaban J connectivity index is 1.56. The smallest absolute Gasteiger partial charge is 0.237 e. The Morgan fingerprint density at radius 3 is 1.84 bits per heavy atom. The summed E-state index contributed by atoms with van der Waals surface area (Å²) < 4.78 is 2.16. The number of nitrogens with zero attached hydrogens (tertiary/aromatic N) is 2. The number of imidazole rings is 1. The zero-order valence-corrected chi connectivity index (χ0v) is 22.4. The summed E-state index contributed by atoms with van der Waals surface area (Å²) in [5.74, 6) is -0.117. The number of amides is 1. The molecule has 0 aliphatic heterocycles. The highest BCUT2D eigenvalue weighted by Gasteiger charge is 2.38. The molecule has 4 rings (SSSR count). The summed E-state index contributed by atoms with van der Waals surface area (Å²) in [6.07, 6.45) is 11.4. The second kappa shape index (κ2) is 13.7. The predicted molar refractivity (Wildman–Crippen MR) is 155 cm³/mol. The zero-order valence-electron chi connectivity index (χ0n) is 22.4. The zero-order chi connectivity index (χ0) is 26.6. The number of benzene rings is 3. The highest BCUT2D eigenvalue weighted by atomic mass is 16.2. The van der Waals surface area contributed by atoms with Gasteiger partial charge in [-0.15, -0.1) is 0 Å². The summed E-state index contributed by atoms with van der Waals surface area (Å²) in [6, 6.07) is 30.8. The van der Waals surface area contributed by atoms with E-state index >= 15 is 0 Å². The van der Waals surface area contributed by atoms with Gasteiger partial charge in [-0.05, 0) is 23.1 Å². The largest absolute Gasteiger partial charge is 0.355 e. The molecular formula is C33H40N4O. The maximum atomic E-state index is 12.7. The number of nitrogens with two attached hydrogens (primary N) is 1. The van der Waals surface area contributed by atoms with Gasteiger partial charge in [0.15, 0.2) is 0 Å². The average Bonchev–Trinajstić information content (AvgIpc) is 3.43. The van der Waals surface area contributed by atoms with Gasteiger partial charge in [0, 0.05) is 19.2 Å². The van der Waals surface area contributed by atoms with Crippen molar-refractivity contribution in [3.8, 4) is 0 Å². The monoisotopic (exact) mass is 508 g/mol. The summed E-state index contributed by atoms with van der Waals surface area (Å²) in [4.78, 5) is 17.4. The molecular weight excluding hydrogens is 468 g/mol. The van der Waals surface area contributed by atoms with Gasteiger partial charge in [-0.25, -0.2) is 4.98 Å². The lowest BCUT2D eigenvalue weighted by Gasteiger charge is -2.37. The van der Waals surface area contributed by atoms with Crippen LogP contribution in [0.15, 0.2) is 104 Å². The van der Waals surface area contributed by atoms with Crippen molar-refractivity contribution in [3.05, 3.63) is 126 Å². The molecule has 0 bridgehead atoms. The molecule has 1 heterocycles. The predicted octanol–water partition coefficient (Wildman–Crippen LogP) is 6.07. The Morgan fingerprint density at radius 2 is 1.32 bits per heavy atom. The SMILES string of the molecule is CCCCCCCCNC(=O)[C@@H](N)Cc1cn(C(c2ccccc2)(c2ccccc2)c2ccccc2)cn1. The fraction of sp³-hybridized carbons (Fsp3) is 0.333. The standard InChI is InChI=1S/C33H40N4O/c1-2-3-4-5-6-16-23-35-32(38)31(34)24-30-25-37(26-36-30)33(27-17-10-7-11-18-27,28-19-12-8-13-20-28)29-21-14-9-15-22-29/h7-15,17-22,25-26,31H,2-6,16,23-24,34H2,1H3,(H,35,38)/t31-/m0/s1. The molecule has 3 N–H and O–H groups in total. The van der Waals surface area contributed by atoms with Crippen LogP contribution >= 0.6 is 0 Å². The van der Waals surface area contributed by atoms with Crippen LogP contribution in [0.1, 0.15) is 67.8 Å². The van der Waals surface area contributed by atoms with E-state index in [0.717, 1.165) is 35.2 Å². The molecule has 0 saturated heterocycles. The molecule has 5 nitrogen and oxygen atoms in total. The Morgan fingerprint density at radius 1 is 0.816 bits per heavy atom. The van der Waals surface area contributed by atoms with Crippen LogP contribution in [0.2, 0.25) is 0 Å². The number of carbonyl (C=O) groups excluding carboxylic acids is 1. The molecule has 1 amide bonds. The minimum atomic E-state index is -0.641. The second-order valence-corrected chi connectivity index (χ2v) is 9.95. The summed E-state index contributed by atoms with van der Waals surface area (Å²) in [5.41, 5.74) is 9.87. The molecule has 0 aliphatic rings. The van der Waals surface area contributed by atoms with Crippen LogP contribution in [0.25, 0.3) is 0 Å². The second-order valence-electron chi connectivity index (χ2n) is 9.95. The molecule has 4 aromatic rings. The summed E-state index contributed by atoms with van der Waals surface area (Å²) in [7, 11) is 0. The van der Waals surface area contributed by atoms with Gasteiger partial charge in [0.1, 0.15) is 5.54 Å². The highest BCUT2D eigenvalue weighted by molar-refractivity contribution is 5.81. The first-order valence-corrected chi connectivity index (χ1v) is 13.9. The van der Waals surface area contributed by atoms with E-state index in [1.807, 2.05) is 30.7 Å². The highest BCUT2D eigenvalue weighted by Crippen LogP contribution is 2.40. The molecule has 0 saturated carbocycles. The lowest BCUT2D eigenvalue weighted by Crippen LogP contribution is -2.42. The van der Waals surface area contributed by atoms with Crippen molar-refractivity contribution in [1.82, 2.24) is 14.9 Å². The van der Waals surface area contributed by atoms with Crippen molar-refractivity contribution in [2.24, 2.45) is 5.73 Å². The van der Waals surface area contributed by atoms with E-state index < -0.39 is 11.6 Å². The van der Waals surface area contributed by atoms with Crippen molar-refractivity contribution in [3.63, 3.8) is 0 Å². The molecule has 5 heteroatoms. The molecule has 0 spiro atoms. The number of hydrogen-bond donors (Lipinski definition) is 2. The number of carbonyl (C=O) groups is 1. The molecule has 1 aromatic heterocycles. The first kappa shape index (κ1) is 27.3. The number of nitrogens with one attached hydrogen (secondary N) is 1. The van der Waals surface area contributed by atoms with Gasteiger partial charge in [0.05, 0.1) is 18.1 Å². The number of hydrogen-bond acceptors (Lipinski definition) is 3. The molecule has 0 aliphatic carbocycles. The van der Waals surface area contributed by atoms with Gasteiger partial charge in [0.25, 0.3) is 0 Å². The Hall–Kier alpha value is -3.70. The van der Waals surface area contributed by atoms with Crippen molar-refractivity contribution in [1.29, 1.82) is 0 Å². The van der Waals surface area contributed by atoms with Crippen LogP contribution in [0.5, 0.6) is 0 Å². The third-order valence-corrected chi connectivity index (χ3v) is 7.19. The lowest BCUT2D eigenvalue weighted by molar-refractivity contribution is -0.122. The summed E-state index contributed by atoms with van der Waals surface area (Å²) in [5, 5.41) is 3.01. The summed E-state index contributed by atoms with van der Waals surface area (Å²) >= 11 is 0. The maximum Gasteiger partial charge on any atom is 0.237 e. The van der Waals surface area contributed by atoms with Crippen molar-refractivity contribution in [2.75, 3.05) is 6.54 Å². The molecule has 0 radical (unpaired) electrons. The van der Waals surface area contributed by atoms with E-state index in [9.17, 15) is 4.79 Å². The van der Waals surface area contributed by atoms with Crippen LogP contribution in [0.3, 0.4) is 0 Å². The fourth-order valence-corrected chi connectivity index (χ4v) is 5.20. The Bertz CT molecular complexity index is 1140. The topological polar surface area (TPSA) is 72.9 Å². The Labute approximate surface area is 227 Å². The molecule has 0 fully saturated rings. The summed E-state index contributed by atoms with van der Waals surface area (Å²) in [6.45, 7) is 2.89. The minimum absolute atomic E-state index is 0.117. The quantitative estimate of drug-likeness (QED) is 0.160. The van der Waals surface area contributed by atoms with E-state index in [1.54, 1.807) is 0 Å². The third-order valence-electron chi connectivity index (χ3n) is 7.19. The van der Waals surface area contributed by atoms with E-state index in [4.69, 9.17) is 10.7 Å². The maximum absolute atomic E-state index is 12.7. The van der Waals surface area contributed by atoms with Crippen LogP contribution in [0, 0.1) is 0 Å².